The summed E-state index contributed by atoms with van der Waals surface area (Å²) in [5, 5.41) is 9.46. The maximum Gasteiger partial charge on any atom is 0.224 e. The Morgan fingerprint density at radius 2 is 1.84 bits per heavy atom. The van der Waals surface area contributed by atoms with Crippen molar-refractivity contribution in [3.63, 3.8) is 0 Å². The number of phenolic OH excluding ortho intramolecular Hbond substituents is 1. The third kappa shape index (κ3) is 3.69. The van der Waals surface area contributed by atoms with Crippen molar-refractivity contribution >= 4 is 5.91 Å². The monoisotopic (exact) mass is 338 g/mol. The standard InChI is InChI=1S/C21H26N2O2/c1-23(2)17(12-15-8-10-18(24)11-9-15)13-21(20(22)25)14-19(21)16-6-4-3-5-7-16/h3-11,17,19,24H,12-14H2,1-2H3,(H2,22,25)/t17-,19?,21?/m0/s1. The molecule has 0 aromatic heterocycles. The van der Waals surface area contributed by atoms with E-state index >= 15 is 0 Å². The van der Waals surface area contributed by atoms with E-state index in [-0.39, 0.29) is 23.6 Å². The topological polar surface area (TPSA) is 66.6 Å². The lowest BCUT2D eigenvalue weighted by Gasteiger charge is -2.28. The van der Waals surface area contributed by atoms with E-state index in [4.69, 9.17) is 5.73 Å². The van der Waals surface area contributed by atoms with Crippen molar-refractivity contribution in [1.82, 2.24) is 4.90 Å². The van der Waals surface area contributed by atoms with Crippen LogP contribution in [0.25, 0.3) is 0 Å². The van der Waals surface area contributed by atoms with Crippen LogP contribution in [0.15, 0.2) is 54.6 Å². The second kappa shape index (κ2) is 6.89. The molecule has 4 nitrogen and oxygen atoms in total. The van der Waals surface area contributed by atoms with Crippen molar-refractivity contribution in [2.24, 2.45) is 11.1 Å². The predicted molar refractivity (Wildman–Crippen MR) is 99.3 cm³/mol. The number of phenols is 1. The van der Waals surface area contributed by atoms with Crippen LogP contribution >= 0.6 is 0 Å². The average molecular weight is 338 g/mol. The molecule has 0 heterocycles. The Balaban J connectivity index is 1.78. The second-order valence-electron chi connectivity index (χ2n) is 7.38. The van der Waals surface area contributed by atoms with Gasteiger partial charge in [-0.25, -0.2) is 0 Å². The Bertz CT molecular complexity index is 727. The van der Waals surface area contributed by atoms with Crippen LogP contribution in [0.1, 0.15) is 29.9 Å². The highest BCUT2D eigenvalue weighted by molar-refractivity contribution is 5.86. The molecule has 2 unspecified atom stereocenters. The fourth-order valence-electron chi connectivity index (χ4n) is 3.79. The van der Waals surface area contributed by atoms with Crippen LogP contribution in [-0.4, -0.2) is 36.1 Å². The van der Waals surface area contributed by atoms with Gasteiger partial charge in [-0.1, -0.05) is 42.5 Å². The molecule has 1 saturated carbocycles. The zero-order valence-corrected chi connectivity index (χ0v) is 14.9. The van der Waals surface area contributed by atoms with Crippen molar-refractivity contribution in [2.45, 2.75) is 31.2 Å². The lowest BCUT2D eigenvalue weighted by Crippen LogP contribution is -2.37. The predicted octanol–water partition coefficient (Wildman–Crippen LogP) is 2.91. The summed E-state index contributed by atoms with van der Waals surface area (Å²) in [5.74, 6) is 0.289. The van der Waals surface area contributed by atoms with Gasteiger partial charge in [0.15, 0.2) is 0 Å². The first kappa shape index (κ1) is 17.5. The molecule has 1 aliphatic carbocycles. The number of carbonyl (C=O) groups is 1. The molecule has 2 aromatic carbocycles. The first-order valence-corrected chi connectivity index (χ1v) is 8.71. The summed E-state index contributed by atoms with van der Waals surface area (Å²) >= 11 is 0. The van der Waals surface area contributed by atoms with E-state index in [2.05, 4.69) is 17.0 Å². The minimum absolute atomic E-state index is 0.195. The van der Waals surface area contributed by atoms with E-state index in [0.717, 1.165) is 24.8 Å². The summed E-state index contributed by atoms with van der Waals surface area (Å²) < 4.78 is 0. The summed E-state index contributed by atoms with van der Waals surface area (Å²) in [6, 6.07) is 17.7. The molecule has 0 spiro atoms. The van der Waals surface area contributed by atoms with Crippen LogP contribution in [0.3, 0.4) is 0 Å². The minimum Gasteiger partial charge on any atom is -0.508 e. The van der Waals surface area contributed by atoms with E-state index in [9.17, 15) is 9.90 Å². The number of primary amides is 1. The Morgan fingerprint density at radius 3 is 2.40 bits per heavy atom. The number of hydrogen-bond donors (Lipinski definition) is 2. The lowest BCUT2D eigenvalue weighted by molar-refractivity contribution is -0.124. The maximum atomic E-state index is 12.3. The molecule has 3 atom stereocenters. The quantitative estimate of drug-likeness (QED) is 0.816. The maximum absolute atomic E-state index is 12.3. The Labute approximate surface area is 149 Å². The lowest BCUT2D eigenvalue weighted by atomic mass is 9.88. The van der Waals surface area contributed by atoms with E-state index in [1.165, 1.54) is 5.56 Å². The molecule has 0 aliphatic heterocycles. The van der Waals surface area contributed by atoms with Crippen LogP contribution < -0.4 is 5.73 Å². The third-order valence-electron chi connectivity index (χ3n) is 5.51. The molecule has 3 N–H and O–H groups in total. The molecule has 0 radical (unpaired) electrons. The van der Waals surface area contributed by atoms with Gasteiger partial charge in [-0.2, -0.15) is 0 Å². The molecule has 4 heteroatoms. The van der Waals surface area contributed by atoms with E-state index in [1.54, 1.807) is 12.1 Å². The van der Waals surface area contributed by atoms with Crippen molar-refractivity contribution in [3.8, 4) is 5.75 Å². The average Bonchev–Trinajstić information content (AvgIpc) is 3.33. The number of hydrogen-bond acceptors (Lipinski definition) is 3. The second-order valence-corrected chi connectivity index (χ2v) is 7.38. The highest BCUT2D eigenvalue weighted by Gasteiger charge is 2.60. The summed E-state index contributed by atoms with van der Waals surface area (Å²) in [6.45, 7) is 0. The van der Waals surface area contributed by atoms with Crippen LogP contribution in [0.2, 0.25) is 0 Å². The van der Waals surface area contributed by atoms with Gasteiger partial charge in [0.25, 0.3) is 0 Å². The zero-order valence-electron chi connectivity index (χ0n) is 14.9. The molecular formula is C21H26N2O2. The third-order valence-corrected chi connectivity index (χ3v) is 5.51. The van der Waals surface area contributed by atoms with Gasteiger partial charge in [0, 0.05) is 6.04 Å². The summed E-state index contributed by atoms with van der Waals surface area (Å²) in [4.78, 5) is 14.5. The molecule has 132 valence electrons. The molecule has 1 amide bonds. The molecule has 1 fully saturated rings. The number of benzene rings is 2. The van der Waals surface area contributed by atoms with Gasteiger partial charge in [0.05, 0.1) is 5.41 Å². The molecule has 25 heavy (non-hydrogen) atoms. The summed E-state index contributed by atoms with van der Waals surface area (Å²) in [6.07, 6.45) is 2.39. The summed E-state index contributed by atoms with van der Waals surface area (Å²) in [7, 11) is 4.08. The van der Waals surface area contributed by atoms with Crippen LogP contribution in [0.5, 0.6) is 5.75 Å². The molecular weight excluding hydrogens is 312 g/mol. The first-order chi connectivity index (χ1) is 11.9. The van der Waals surface area contributed by atoms with Gasteiger partial charge in [0.1, 0.15) is 5.75 Å². The fraction of sp³-hybridized carbons (Fsp3) is 0.381. The van der Waals surface area contributed by atoms with Gasteiger partial charge < -0.3 is 15.7 Å². The largest absolute Gasteiger partial charge is 0.508 e. The molecule has 3 rings (SSSR count). The zero-order chi connectivity index (χ0) is 18.0. The van der Waals surface area contributed by atoms with Crippen molar-refractivity contribution in [1.29, 1.82) is 0 Å². The number of nitrogens with two attached hydrogens (primary N) is 1. The van der Waals surface area contributed by atoms with Crippen molar-refractivity contribution in [3.05, 3.63) is 65.7 Å². The Hall–Kier alpha value is -2.33. The number of rotatable bonds is 7. The van der Waals surface area contributed by atoms with Crippen LogP contribution in [0, 0.1) is 5.41 Å². The molecule has 1 aliphatic rings. The smallest absolute Gasteiger partial charge is 0.224 e. The fourth-order valence-corrected chi connectivity index (χ4v) is 3.79. The SMILES string of the molecule is CN(C)[C@@H](Cc1ccc(O)cc1)CC1(C(N)=O)CC1c1ccccc1. The van der Waals surface area contributed by atoms with Crippen molar-refractivity contribution in [2.75, 3.05) is 14.1 Å². The number of nitrogens with zero attached hydrogens (tertiary/aromatic N) is 1. The van der Waals surface area contributed by atoms with Gasteiger partial charge in [0.2, 0.25) is 5.91 Å². The summed E-state index contributed by atoms with van der Waals surface area (Å²) in [5.41, 5.74) is 7.72. The highest BCUT2D eigenvalue weighted by atomic mass is 16.3. The first-order valence-electron chi connectivity index (χ1n) is 8.71. The highest BCUT2D eigenvalue weighted by Crippen LogP contribution is 2.62. The number of carbonyl (C=O) groups excluding carboxylic acids is 1. The van der Waals surface area contributed by atoms with E-state index < -0.39 is 5.41 Å². The van der Waals surface area contributed by atoms with E-state index in [1.807, 2.05) is 44.4 Å². The Kier molecular flexibility index (Phi) is 4.82. The molecule has 0 bridgehead atoms. The van der Waals surface area contributed by atoms with E-state index in [0.29, 0.717) is 0 Å². The minimum atomic E-state index is -0.451. The molecule has 0 saturated heterocycles. The number of amides is 1. The van der Waals surface area contributed by atoms with Gasteiger partial charge >= 0.3 is 0 Å². The molecule has 2 aromatic rings. The Morgan fingerprint density at radius 1 is 1.20 bits per heavy atom. The van der Waals surface area contributed by atoms with Crippen molar-refractivity contribution < 1.29 is 9.90 Å². The number of likely N-dealkylation sites (N-methyl/N-ethyl adjacent to an activating group) is 1. The normalized spacial score (nSPS) is 23.4. The van der Waals surface area contributed by atoms with Gasteiger partial charge in [-0.3, -0.25) is 4.79 Å². The van der Waals surface area contributed by atoms with Crippen LogP contribution in [-0.2, 0) is 11.2 Å². The van der Waals surface area contributed by atoms with Gasteiger partial charge in [-0.05, 0) is 62.5 Å². The van der Waals surface area contributed by atoms with Gasteiger partial charge in [-0.15, -0.1) is 0 Å². The number of aromatic hydroxyl groups is 1. The van der Waals surface area contributed by atoms with Crippen LogP contribution in [0.4, 0.5) is 0 Å².